The number of halogens is 1. The molecule has 0 aromatic heterocycles. The van der Waals surface area contributed by atoms with Crippen LogP contribution in [0.15, 0.2) is 24.3 Å². The molecule has 23 heavy (non-hydrogen) atoms. The number of carbonyl (C=O) groups is 1. The molecule has 1 atom stereocenters. The first-order chi connectivity index (χ1) is 11.1. The van der Waals surface area contributed by atoms with E-state index in [0.29, 0.717) is 31.0 Å². The van der Waals surface area contributed by atoms with E-state index in [4.69, 9.17) is 11.6 Å². The van der Waals surface area contributed by atoms with E-state index in [-0.39, 0.29) is 5.91 Å². The molecule has 3 rings (SSSR count). The molecule has 1 amide bonds. The van der Waals surface area contributed by atoms with E-state index in [1.807, 2.05) is 29.2 Å². The SMILES string of the molecule is O=C(C(c1cccc(Cl)c1)C1(O)CCCCC1)N1CCNCC1. The van der Waals surface area contributed by atoms with Gasteiger partial charge in [-0.15, -0.1) is 0 Å². The summed E-state index contributed by atoms with van der Waals surface area (Å²) in [4.78, 5) is 15.1. The highest BCUT2D eigenvalue weighted by atomic mass is 35.5. The van der Waals surface area contributed by atoms with Crippen LogP contribution in [0.4, 0.5) is 0 Å². The van der Waals surface area contributed by atoms with Crippen LogP contribution in [-0.2, 0) is 4.79 Å². The maximum atomic E-state index is 13.2. The molecule has 1 aromatic rings. The number of aliphatic hydroxyl groups is 1. The van der Waals surface area contributed by atoms with Crippen molar-refractivity contribution in [3.63, 3.8) is 0 Å². The van der Waals surface area contributed by atoms with Gasteiger partial charge in [0.1, 0.15) is 0 Å². The average Bonchev–Trinajstić information content (AvgIpc) is 2.56. The van der Waals surface area contributed by atoms with Gasteiger partial charge in [0.15, 0.2) is 0 Å². The number of carbonyl (C=O) groups excluding carboxylic acids is 1. The number of benzene rings is 1. The third-order valence-corrected chi connectivity index (χ3v) is 5.35. The Labute approximate surface area is 142 Å². The van der Waals surface area contributed by atoms with Crippen LogP contribution < -0.4 is 5.32 Å². The van der Waals surface area contributed by atoms with Gasteiger partial charge in [-0.25, -0.2) is 0 Å². The third kappa shape index (κ3) is 3.70. The molecule has 2 aliphatic rings. The molecule has 1 aromatic carbocycles. The molecule has 2 N–H and O–H groups in total. The summed E-state index contributed by atoms with van der Waals surface area (Å²) in [5, 5.41) is 15.2. The van der Waals surface area contributed by atoms with E-state index in [0.717, 1.165) is 37.9 Å². The van der Waals surface area contributed by atoms with Crippen molar-refractivity contribution in [3.8, 4) is 0 Å². The molecule has 5 heteroatoms. The first kappa shape index (κ1) is 16.7. The minimum absolute atomic E-state index is 0.0400. The Hall–Kier alpha value is -1.10. The van der Waals surface area contributed by atoms with Crippen LogP contribution in [0.3, 0.4) is 0 Å². The van der Waals surface area contributed by atoms with Crippen molar-refractivity contribution in [1.82, 2.24) is 10.2 Å². The molecule has 4 nitrogen and oxygen atoms in total. The maximum Gasteiger partial charge on any atom is 0.233 e. The lowest BCUT2D eigenvalue weighted by Crippen LogP contribution is -2.53. The van der Waals surface area contributed by atoms with E-state index >= 15 is 0 Å². The summed E-state index contributed by atoms with van der Waals surface area (Å²) >= 11 is 6.15. The highest BCUT2D eigenvalue weighted by Crippen LogP contribution is 2.41. The summed E-state index contributed by atoms with van der Waals surface area (Å²) in [6, 6.07) is 7.42. The summed E-state index contributed by atoms with van der Waals surface area (Å²) < 4.78 is 0. The zero-order chi connectivity index (χ0) is 16.3. The van der Waals surface area contributed by atoms with Crippen LogP contribution in [0.25, 0.3) is 0 Å². The first-order valence-electron chi connectivity index (χ1n) is 8.57. The second-order valence-corrected chi connectivity index (χ2v) is 7.16. The van der Waals surface area contributed by atoms with Crippen molar-refractivity contribution in [1.29, 1.82) is 0 Å². The summed E-state index contributed by atoms with van der Waals surface area (Å²) in [5.41, 5.74) is -0.115. The van der Waals surface area contributed by atoms with E-state index in [1.54, 1.807) is 0 Å². The predicted molar refractivity (Wildman–Crippen MR) is 91.7 cm³/mol. The van der Waals surface area contributed by atoms with E-state index < -0.39 is 11.5 Å². The molecule has 1 aliphatic heterocycles. The van der Waals surface area contributed by atoms with Gasteiger partial charge in [-0.05, 0) is 30.5 Å². The van der Waals surface area contributed by atoms with Crippen molar-refractivity contribution in [2.75, 3.05) is 26.2 Å². The van der Waals surface area contributed by atoms with Crippen LogP contribution in [0.2, 0.25) is 5.02 Å². The highest BCUT2D eigenvalue weighted by molar-refractivity contribution is 6.30. The lowest BCUT2D eigenvalue weighted by atomic mass is 9.72. The van der Waals surface area contributed by atoms with Crippen LogP contribution in [0.5, 0.6) is 0 Å². The van der Waals surface area contributed by atoms with Gasteiger partial charge in [0.05, 0.1) is 11.5 Å². The molecule has 1 heterocycles. The third-order valence-electron chi connectivity index (χ3n) is 5.11. The molecule has 1 unspecified atom stereocenters. The number of nitrogens with zero attached hydrogens (tertiary/aromatic N) is 1. The van der Waals surface area contributed by atoms with Gasteiger partial charge in [-0.2, -0.15) is 0 Å². The molecule has 1 saturated carbocycles. The summed E-state index contributed by atoms with van der Waals surface area (Å²) in [7, 11) is 0. The van der Waals surface area contributed by atoms with Crippen molar-refractivity contribution < 1.29 is 9.90 Å². The first-order valence-corrected chi connectivity index (χ1v) is 8.95. The fourth-order valence-electron chi connectivity index (χ4n) is 3.89. The van der Waals surface area contributed by atoms with E-state index in [1.165, 1.54) is 0 Å². The number of piperazine rings is 1. The maximum absolute atomic E-state index is 13.2. The van der Waals surface area contributed by atoms with Crippen molar-refractivity contribution >= 4 is 17.5 Å². The summed E-state index contributed by atoms with van der Waals surface area (Å²) in [6.45, 7) is 3.02. The van der Waals surface area contributed by atoms with Crippen molar-refractivity contribution in [3.05, 3.63) is 34.9 Å². The standard InChI is InChI=1S/C18H25ClN2O2/c19-15-6-4-5-14(13-15)16(18(23)7-2-1-3-8-18)17(22)21-11-9-20-10-12-21/h4-6,13,16,20,23H,1-3,7-12H2. The zero-order valence-corrected chi connectivity index (χ0v) is 14.2. The van der Waals surface area contributed by atoms with Gasteiger partial charge < -0.3 is 15.3 Å². The van der Waals surface area contributed by atoms with Crippen LogP contribution >= 0.6 is 11.6 Å². The molecule has 126 valence electrons. The monoisotopic (exact) mass is 336 g/mol. The Bertz CT molecular complexity index is 552. The largest absolute Gasteiger partial charge is 0.389 e. The van der Waals surface area contributed by atoms with Gasteiger partial charge in [-0.3, -0.25) is 4.79 Å². The highest BCUT2D eigenvalue weighted by Gasteiger charge is 2.44. The van der Waals surface area contributed by atoms with E-state index in [9.17, 15) is 9.90 Å². The Morgan fingerprint density at radius 1 is 1.22 bits per heavy atom. The Balaban J connectivity index is 1.93. The summed E-state index contributed by atoms with van der Waals surface area (Å²) in [5.74, 6) is -0.474. The molecular weight excluding hydrogens is 312 g/mol. The summed E-state index contributed by atoms with van der Waals surface area (Å²) in [6.07, 6.45) is 4.45. The number of rotatable bonds is 3. The molecule has 1 saturated heterocycles. The molecular formula is C18H25ClN2O2. The topological polar surface area (TPSA) is 52.6 Å². The fourth-order valence-corrected chi connectivity index (χ4v) is 4.09. The van der Waals surface area contributed by atoms with Crippen LogP contribution in [0, 0.1) is 0 Å². The Morgan fingerprint density at radius 3 is 2.57 bits per heavy atom. The number of amides is 1. The van der Waals surface area contributed by atoms with Crippen LogP contribution in [0.1, 0.15) is 43.6 Å². The lowest BCUT2D eigenvalue weighted by Gasteiger charge is -2.41. The average molecular weight is 337 g/mol. The second-order valence-electron chi connectivity index (χ2n) is 6.73. The van der Waals surface area contributed by atoms with Gasteiger partial charge >= 0.3 is 0 Å². The number of hydrogen-bond acceptors (Lipinski definition) is 3. The van der Waals surface area contributed by atoms with Crippen LogP contribution in [-0.4, -0.2) is 47.7 Å². The van der Waals surface area contributed by atoms with Gasteiger partial charge in [0.2, 0.25) is 5.91 Å². The van der Waals surface area contributed by atoms with Crippen molar-refractivity contribution in [2.45, 2.75) is 43.6 Å². The predicted octanol–water partition coefficient (Wildman–Crippen LogP) is 2.55. The van der Waals surface area contributed by atoms with Crippen molar-refractivity contribution in [2.24, 2.45) is 0 Å². The molecule has 2 fully saturated rings. The molecule has 0 bridgehead atoms. The van der Waals surface area contributed by atoms with Gasteiger partial charge in [0, 0.05) is 31.2 Å². The number of hydrogen-bond donors (Lipinski definition) is 2. The van der Waals surface area contributed by atoms with E-state index in [2.05, 4.69) is 5.32 Å². The smallest absolute Gasteiger partial charge is 0.233 e. The zero-order valence-electron chi connectivity index (χ0n) is 13.4. The van der Waals surface area contributed by atoms with Gasteiger partial charge in [-0.1, -0.05) is 43.0 Å². The lowest BCUT2D eigenvalue weighted by molar-refractivity contribution is -0.142. The molecule has 0 spiro atoms. The molecule has 0 radical (unpaired) electrons. The normalized spacial score (nSPS) is 22.6. The minimum Gasteiger partial charge on any atom is -0.389 e. The second kappa shape index (κ2) is 7.20. The number of nitrogens with one attached hydrogen (secondary N) is 1. The fraction of sp³-hybridized carbons (Fsp3) is 0.611. The Morgan fingerprint density at radius 2 is 1.91 bits per heavy atom. The quantitative estimate of drug-likeness (QED) is 0.892. The minimum atomic E-state index is -0.953. The Kier molecular flexibility index (Phi) is 5.24. The molecule has 1 aliphatic carbocycles. The van der Waals surface area contributed by atoms with Gasteiger partial charge in [0.25, 0.3) is 0 Å².